The van der Waals surface area contributed by atoms with Gasteiger partial charge in [0.1, 0.15) is 0 Å². The molecule has 188 valence electrons. The van der Waals surface area contributed by atoms with Crippen molar-refractivity contribution in [1.29, 1.82) is 10.5 Å². The van der Waals surface area contributed by atoms with E-state index in [4.69, 9.17) is 15.5 Å². The molecule has 0 saturated carbocycles. The number of rotatable bonds is 11. The van der Waals surface area contributed by atoms with Gasteiger partial charge in [0.2, 0.25) is 10.0 Å². The lowest BCUT2D eigenvalue weighted by molar-refractivity contribution is 0.0985. The summed E-state index contributed by atoms with van der Waals surface area (Å²) in [6.07, 6.45) is 0.0351. The Labute approximate surface area is 215 Å². The third kappa shape index (κ3) is 6.25. The highest BCUT2D eigenvalue weighted by Gasteiger charge is 2.26. The lowest BCUT2D eigenvalue weighted by Gasteiger charge is -2.22. The van der Waals surface area contributed by atoms with Crippen molar-refractivity contribution in [2.75, 3.05) is 45.2 Å². The third-order valence-corrected chi connectivity index (χ3v) is 8.50. The Hall–Kier alpha value is -3.35. The molecule has 0 N–H and O–H groups in total. The maximum Gasteiger partial charge on any atom is 0.260 e. The van der Waals surface area contributed by atoms with Gasteiger partial charge in [-0.2, -0.15) is 14.8 Å². The summed E-state index contributed by atoms with van der Waals surface area (Å²) in [4.78, 5) is 21.9. The number of carbonyl (C=O) groups is 1. The number of carbonyl (C=O) groups excluding carboxylic acids is 1. The first-order valence-corrected chi connectivity index (χ1v) is 13.6. The molecule has 2 aromatic carbocycles. The van der Waals surface area contributed by atoms with Crippen molar-refractivity contribution in [2.45, 2.75) is 24.7 Å². The number of anilines is 1. The van der Waals surface area contributed by atoms with Gasteiger partial charge in [-0.3, -0.25) is 9.69 Å². The third-order valence-electron chi connectivity index (χ3n) is 5.54. The van der Waals surface area contributed by atoms with Crippen LogP contribution in [0.4, 0.5) is 5.13 Å². The van der Waals surface area contributed by atoms with E-state index in [2.05, 4.69) is 0 Å². The number of aromatic nitrogens is 1. The number of sulfonamides is 1. The molecule has 3 rings (SSSR count). The van der Waals surface area contributed by atoms with Gasteiger partial charge in [0.05, 0.1) is 27.3 Å². The summed E-state index contributed by atoms with van der Waals surface area (Å²) < 4.78 is 28.3. The van der Waals surface area contributed by atoms with Gasteiger partial charge in [0.15, 0.2) is 5.13 Å². The number of fused-ring (bicyclic) bond motifs is 1. The molecular weight excluding hydrogens is 496 g/mol. The minimum atomic E-state index is -3.91. The molecule has 0 aliphatic heterocycles. The van der Waals surface area contributed by atoms with E-state index >= 15 is 0 Å². The van der Waals surface area contributed by atoms with Crippen LogP contribution in [0.1, 0.15) is 28.8 Å². The van der Waals surface area contributed by atoms with E-state index in [1.165, 1.54) is 35.6 Å². The van der Waals surface area contributed by atoms with E-state index in [-0.39, 0.29) is 36.7 Å². The lowest BCUT2D eigenvalue weighted by atomic mass is 10.2. The van der Waals surface area contributed by atoms with E-state index in [9.17, 15) is 13.2 Å². The predicted molar refractivity (Wildman–Crippen MR) is 140 cm³/mol. The van der Waals surface area contributed by atoms with Gasteiger partial charge in [0.25, 0.3) is 5.91 Å². The number of para-hydroxylation sites is 1. The Kier molecular flexibility index (Phi) is 9.13. The van der Waals surface area contributed by atoms with E-state index < -0.39 is 10.0 Å². The summed E-state index contributed by atoms with van der Waals surface area (Å²) >= 11 is 1.44. The summed E-state index contributed by atoms with van der Waals surface area (Å²) in [5, 5.41) is 18.3. The number of likely N-dealkylation sites (N-methyl/N-ethyl adjacent to an activating group) is 1. The molecule has 0 aliphatic carbocycles. The van der Waals surface area contributed by atoms with Crippen molar-refractivity contribution < 1.29 is 13.2 Å². The molecule has 3 aromatic rings. The van der Waals surface area contributed by atoms with Crippen molar-refractivity contribution in [3.63, 3.8) is 0 Å². The molecule has 1 amide bonds. The predicted octanol–water partition coefficient (Wildman–Crippen LogP) is 3.63. The number of amides is 1. The number of nitrogens with zero attached hydrogens (tertiary/aromatic N) is 6. The molecule has 0 atom stereocenters. The number of hydrogen-bond acceptors (Lipinski definition) is 8. The van der Waals surface area contributed by atoms with Gasteiger partial charge in [-0.05, 0) is 56.9 Å². The zero-order chi connectivity index (χ0) is 26.3. The monoisotopic (exact) mass is 524 g/mol. The van der Waals surface area contributed by atoms with Crippen LogP contribution in [-0.4, -0.2) is 68.8 Å². The topological polar surface area (TPSA) is 121 Å². The van der Waals surface area contributed by atoms with Crippen LogP contribution in [0.25, 0.3) is 10.2 Å². The van der Waals surface area contributed by atoms with Crippen LogP contribution >= 0.6 is 11.3 Å². The molecule has 0 radical (unpaired) electrons. The number of hydrogen-bond donors (Lipinski definition) is 0. The zero-order valence-corrected chi connectivity index (χ0v) is 22.1. The highest BCUT2D eigenvalue weighted by atomic mass is 32.2. The SMILES string of the molecule is Cc1cccc2sc(N(CCN(C)C)C(=O)c3ccc(S(=O)(=O)N(CCC#N)CCC#N)cc3)nc12. The largest absolute Gasteiger partial charge is 0.308 e. The Bertz CT molecular complexity index is 1380. The van der Waals surface area contributed by atoms with E-state index in [0.29, 0.717) is 23.8 Å². The lowest BCUT2D eigenvalue weighted by Crippen LogP contribution is -2.37. The van der Waals surface area contributed by atoms with E-state index in [0.717, 1.165) is 20.1 Å². The van der Waals surface area contributed by atoms with Gasteiger partial charge in [-0.1, -0.05) is 23.5 Å². The van der Waals surface area contributed by atoms with Gasteiger partial charge in [-0.15, -0.1) is 0 Å². The van der Waals surface area contributed by atoms with Gasteiger partial charge >= 0.3 is 0 Å². The second-order valence-electron chi connectivity index (χ2n) is 8.42. The van der Waals surface area contributed by atoms with Crippen molar-refractivity contribution in [1.82, 2.24) is 14.2 Å². The molecule has 11 heteroatoms. The van der Waals surface area contributed by atoms with Crippen LogP contribution in [0.15, 0.2) is 47.4 Å². The highest BCUT2D eigenvalue weighted by molar-refractivity contribution is 7.89. The van der Waals surface area contributed by atoms with Crippen molar-refractivity contribution in [3.05, 3.63) is 53.6 Å². The first kappa shape index (κ1) is 27.2. The molecule has 1 aromatic heterocycles. The molecule has 1 heterocycles. The highest BCUT2D eigenvalue weighted by Crippen LogP contribution is 2.31. The number of benzene rings is 2. The molecule has 9 nitrogen and oxygen atoms in total. The smallest absolute Gasteiger partial charge is 0.260 e. The van der Waals surface area contributed by atoms with Crippen LogP contribution < -0.4 is 4.90 Å². The normalized spacial score (nSPS) is 11.5. The average Bonchev–Trinajstić information content (AvgIpc) is 3.29. The van der Waals surface area contributed by atoms with Gasteiger partial charge in [0, 0.05) is 44.6 Å². The number of aryl methyl sites for hydroxylation is 1. The number of nitriles is 2. The van der Waals surface area contributed by atoms with Crippen LogP contribution in [-0.2, 0) is 10.0 Å². The average molecular weight is 525 g/mol. The standard InChI is InChI=1S/C25H28N6O3S2/c1-19-7-4-8-22-23(19)28-25(35-22)31(18-17-29(2)3)24(32)20-9-11-21(12-10-20)36(33,34)30(15-5-13-26)16-6-14-27/h4,7-12H,5-6,15-18H2,1-3H3. The van der Waals surface area contributed by atoms with E-state index in [1.54, 1.807) is 4.90 Å². The summed E-state index contributed by atoms with van der Waals surface area (Å²) in [6.45, 7) is 3.02. The molecule has 0 bridgehead atoms. The molecule has 0 saturated heterocycles. The van der Waals surface area contributed by atoms with Crippen LogP contribution in [0.3, 0.4) is 0 Å². The number of thiazole rings is 1. The summed E-state index contributed by atoms with van der Waals surface area (Å²) in [5.74, 6) is -0.275. The summed E-state index contributed by atoms with van der Waals surface area (Å²) in [6, 6.07) is 15.5. The van der Waals surface area contributed by atoms with Crippen molar-refractivity contribution in [3.8, 4) is 12.1 Å². The second-order valence-corrected chi connectivity index (χ2v) is 11.4. The zero-order valence-electron chi connectivity index (χ0n) is 20.5. The fraction of sp³-hybridized carbons (Fsp3) is 0.360. The quantitative estimate of drug-likeness (QED) is 0.375. The minimum Gasteiger partial charge on any atom is -0.308 e. The molecule has 0 spiro atoms. The molecule has 0 fully saturated rings. The fourth-order valence-corrected chi connectivity index (χ4v) is 6.06. The first-order chi connectivity index (χ1) is 17.2. The fourth-order valence-electron chi connectivity index (χ4n) is 3.55. The van der Waals surface area contributed by atoms with Crippen molar-refractivity contribution >= 4 is 42.6 Å². The maximum atomic E-state index is 13.5. The van der Waals surface area contributed by atoms with Crippen LogP contribution in [0.5, 0.6) is 0 Å². The first-order valence-electron chi connectivity index (χ1n) is 11.4. The van der Waals surface area contributed by atoms with Crippen LogP contribution in [0.2, 0.25) is 0 Å². The van der Waals surface area contributed by atoms with Crippen molar-refractivity contribution in [2.24, 2.45) is 0 Å². The minimum absolute atomic E-state index is 0.00344. The Morgan fingerprint density at radius 1 is 0.972 bits per heavy atom. The maximum absolute atomic E-state index is 13.5. The van der Waals surface area contributed by atoms with Crippen LogP contribution in [0, 0.1) is 29.6 Å². The summed E-state index contributed by atoms with van der Waals surface area (Å²) in [7, 11) is -0.0632. The Morgan fingerprint density at radius 3 is 2.17 bits per heavy atom. The Balaban J connectivity index is 1.91. The molecule has 0 aliphatic rings. The second kappa shape index (κ2) is 12.1. The molecular formula is C25H28N6O3S2. The summed E-state index contributed by atoms with van der Waals surface area (Å²) in [5.41, 5.74) is 2.22. The molecule has 0 unspecified atom stereocenters. The molecule has 36 heavy (non-hydrogen) atoms. The van der Waals surface area contributed by atoms with E-state index in [1.807, 2.05) is 56.3 Å². The van der Waals surface area contributed by atoms with Gasteiger partial charge < -0.3 is 4.90 Å². The Morgan fingerprint density at radius 2 is 1.61 bits per heavy atom. The van der Waals surface area contributed by atoms with Gasteiger partial charge in [-0.25, -0.2) is 13.4 Å².